The second-order valence-electron chi connectivity index (χ2n) is 2.71. The molecular weight excluding hydrogens is 244 g/mol. The quantitative estimate of drug-likeness (QED) is 0.479. The molecule has 0 saturated carbocycles. The van der Waals surface area contributed by atoms with Crippen LogP contribution in [-0.2, 0) is 18.5 Å². The van der Waals surface area contributed by atoms with Crippen LogP contribution in [0, 0.1) is 0 Å². The van der Waals surface area contributed by atoms with E-state index in [0.29, 0.717) is 10.8 Å². The number of hydrogen-bond acceptors (Lipinski definition) is 6. The molecule has 0 aromatic carbocycles. The monoisotopic (exact) mass is 256 g/mol. The molecule has 1 amide bonds. The van der Waals surface area contributed by atoms with Crippen LogP contribution in [0.1, 0.15) is 0 Å². The van der Waals surface area contributed by atoms with Gasteiger partial charge in [-0.05, 0) is 10.8 Å². The first kappa shape index (κ1) is 14.2. The van der Waals surface area contributed by atoms with E-state index in [-0.39, 0.29) is 5.75 Å². The first-order valence-electron chi connectivity index (χ1n) is 3.82. The first-order valence-corrected chi connectivity index (χ1v) is 7.21. The van der Waals surface area contributed by atoms with Gasteiger partial charge in [-0.3, -0.25) is 9.59 Å². The Labute approximate surface area is 90.7 Å². The maximum absolute atomic E-state index is 11.1. The number of carbonyl (C=O) groups is 2. The molecule has 9 heteroatoms. The molecule has 0 radical (unpaired) electrons. The number of aliphatic carboxylic acids is 1. The molecule has 0 aliphatic carbocycles. The topological polar surface area (TPSA) is 127 Å². The highest BCUT2D eigenvalue weighted by Crippen LogP contribution is 2.09. The van der Waals surface area contributed by atoms with Crippen LogP contribution in [0.15, 0.2) is 0 Å². The Hall–Kier alpha value is -0.800. The lowest BCUT2D eigenvalue weighted by atomic mass is 10.3. The third kappa shape index (κ3) is 8.21. The van der Waals surface area contributed by atoms with Gasteiger partial charge in [0, 0.05) is 12.0 Å². The summed E-state index contributed by atoms with van der Waals surface area (Å²) in [5.41, 5.74) is 5.32. The van der Waals surface area contributed by atoms with Crippen molar-refractivity contribution in [2.45, 2.75) is 6.04 Å². The summed E-state index contributed by atoms with van der Waals surface area (Å²) < 4.78 is 21.4. The molecule has 0 spiro atoms. The Kier molecular flexibility index (Phi) is 5.61. The number of hydrogen-bond donors (Lipinski definition) is 3. The van der Waals surface area contributed by atoms with E-state index in [1.54, 1.807) is 0 Å². The van der Waals surface area contributed by atoms with Gasteiger partial charge in [0.15, 0.2) is 8.87 Å². The second kappa shape index (κ2) is 5.93. The number of nitrogens with one attached hydrogen (secondary N) is 1. The summed E-state index contributed by atoms with van der Waals surface area (Å²) in [5.74, 6) is -1.98. The molecule has 0 bridgehead atoms. The lowest BCUT2D eigenvalue weighted by molar-refractivity contribution is -0.138. The van der Waals surface area contributed by atoms with Gasteiger partial charge in [0.1, 0.15) is 6.54 Å². The summed E-state index contributed by atoms with van der Waals surface area (Å²) in [4.78, 5) is 21.1. The van der Waals surface area contributed by atoms with Crippen LogP contribution in [0.25, 0.3) is 0 Å². The molecule has 0 aliphatic rings. The van der Waals surface area contributed by atoms with E-state index in [0.717, 1.165) is 6.26 Å². The Morgan fingerprint density at radius 2 is 2.07 bits per heavy atom. The lowest BCUT2D eigenvalue weighted by Crippen LogP contribution is -2.44. The average Bonchev–Trinajstić information content (AvgIpc) is 2.08. The molecule has 0 unspecified atom stereocenters. The first-order chi connectivity index (χ1) is 6.72. The summed E-state index contributed by atoms with van der Waals surface area (Å²) >= 11 is 0. The third-order valence-corrected chi connectivity index (χ3v) is 3.83. The van der Waals surface area contributed by atoms with Gasteiger partial charge in [-0.1, -0.05) is 0 Å². The molecule has 0 heterocycles. The Morgan fingerprint density at radius 1 is 1.53 bits per heavy atom. The fraction of sp³-hybridized carbons (Fsp3) is 0.667. The maximum Gasteiger partial charge on any atom is 0.322 e. The number of rotatable bonds is 6. The van der Waals surface area contributed by atoms with Crippen LogP contribution in [-0.4, -0.2) is 50.0 Å². The van der Waals surface area contributed by atoms with Gasteiger partial charge in [0.25, 0.3) is 0 Å². The van der Waals surface area contributed by atoms with Crippen molar-refractivity contribution in [3.05, 3.63) is 0 Å². The summed E-state index contributed by atoms with van der Waals surface area (Å²) in [7, 11) is -2.70. The van der Waals surface area contributed by atoms with Crippen molar-refractivity contribution in [1.82, 2.24) is 5.32 Å². The van der Waals surface area contributed by atoms with Gasteiger partial charge in [-0.15, -0.1) is 0 Å². The molecule has 0 rings (SSSR count). The Bertz CT molecular complexity index is 339. The van der Waals surface area contributed by atoms with E-state index in [9.17, 15) is 18.0 Å². The molecule has 0 aliphatic heterocycles. The summed E-state index contributed by atoms with van der Waals surface area (Å²) in [5, 5.41) is 10.3. The van der Waals surface area contributed by atoms with Gasteiger partial charge < -0.3 is 16.2 Å². The van der Waals surface area contributed by atoms with Crippen molar-refractivity contribution in [3.8, 4) is 0 Å². The van der Waals surface area contributed by atoms with Crippen molar-refractivity contribution in [2.24, 2.45) is 5.73 Å². The van der Waals surface area contributed by atoms with E-state index < -0.39 is 33.3 Å². The van der Waals surface area contributed by atoms with E-state index >= 15 is 0 Å². The zero-order valence-corrected chi connectivity index (χ0v) is 9.60. The number of carboxylic acid groups (broad SMARTS) is 1. The predicted octanol–water partition coefficient (Wildman–Crippen LogP) is -1.79. The van der Waals surface area contributed by atoms with Gasteiger partial charge in [-0.25, -0.2) is 8.42 Å². The number of nitrogens with two attached hydrogens (primary N) is 1. The van der Waals surface area contributed by atoms with Crippen LogP contribution < -0.4 is 11.1 Å². The standard InChI is InChI=1S/C6H12N2O5S2/c1-15(12,13)14-3-4(7)6(11)8-2-5(9)10/h4H,2-3,7H2,1H3,(H,8,11)(H,9,10)/t4-/m0/s1. The van der Waals surface area contributed by atoms with Crippen LogP contribution in [0.5, 0.6) is 0 Å². The van der Waals surface area contributed by atoms with Crippen molar-refractivity contribution < 1.29 is 23.1 Å². The normalized spacial score (nSPS) is 13.2. The molecule has 0 aromatic heterocycles. The van der Waals surface area contributed by atoms with Gasteiger partial charge in [-0.2, -0.15) is 0 Å². The highest BCUT2D eigenvalue weighted by atomic mass is 33.1. The van der Waals surface area contributed by atoms with Crippen molar-refractivity contribution >= 4 is 31.5 Å². The second-order valence-corrected chi connectivity index (χ2v) is 7.21. The van der Waals surface area contributed by atoms with E-state index in [4.69, 9.17) is 10.8 Å². The minimum atomic E-state index is -3.24. The third-order valence-electron chi connectivity index (χ3n) is 1.21. The van der Waals surface area contributed by atoms with E-state index in [1.165, 1.54) is 0 Å². The largest absolute Gasteiger partial charge is 0.480 e. The lowest BCUT2D eigenvalue weighted by Gasteiger charge is -2.09. The minimum absolute atomic E-state index is 0.107. The summed E-state index contributed by atoms with van der Waals surface area (Å²) in [6.45, 7) is -0.532. The van der Waals surface area contributed by atoms with Crippen LogP contribution in [0.4, 0.5) is 0 Å². The Morgan fingerprint density at radius 3 is 2.47 bits per heavy atom. The van der Waals surface area contributed by atoms with Crippen molar-refractivity contribution in [3.63, 3.8) is 0 Å². The molecular formula is C6H12N2O5S2. The molecule has 1 atom stereocenters. The fourth-order valence-corrected chi connectivity index (χ4v) is 2.29. The molecule has 0 fully saturated rings. The fourth-order valence-electron chi connectivity index (χ4n) is 0.566. The highest BCUT2D eigenvalue weighted by Gasteiger charge is 2.16. The molecule has 7 nitrogen and oxygen atoms in total. The van der Waals surface area contributed by atoms with Gasteiger partial charge >= 0.3 is 5.97 Å². The highest BCUT2D eigenvalue weighted by molar-refractivity contribution is 8.71. The smallest absolute Gasteiger partial charge is 0.322 e. The van der Waals surface area contributed by atoms with Crippen molar-refractivity contribution in [2.75, 3.05) is 18.6 Å². The minimum Gasteiger partial charge on any atom is -0.480 e. The summed E-state index contributed by atoms with van der Waals surface area (Å²) in [6.07, 6.45) is 1.000. The van der Waals surface area contributed by atoms with Gasteiger partial charge in [0.05, 0.1) is 6.04 Å². The van der Waals surface area contributed by atoms with Crippen molar-refractivity contribution in [1.29, 1.82) is 0 Å². The summed E-state index contributed by atoms with van der Waals surface area (Å²) in [6, 6.07) is -1.04. The van der Waals surface area contributed by atoms with Crippen LogP contribution in [0.2, 0.25) is 0 Å². The van der Waals surface area contributed by atoms with Crippen LogP contribution >= 0.6 is 10.8 Å². The number of amides is 1. The molecule has 4 N–H and O–H groups in total. The van der Waals surface area contributed by atoms with Crippen LogP contribution in [0.3, 0.4) is 0 Å². The predicted molar refractivity (Wildman–Crippen MR) is 55.9 cm³/mol. The zero-order valence-electron chi connectivity index (χ0n) is 7.97. The zero-order chi connectivity index (χ0) is 12.1. The molecule has 0 aromatic rings. The SMILES string of the molecule is CS(=O)(=O)SC[C@H](N)C(=O)NCC(=O)O. The molecule has 88 valence electrons. The molecule has 15 heavy (non-hydrogen) atoms. The number of carbonyl (C=O) groups excluding carboxylic acids is 1. The molecule has 0 saturated heterocycles. The number of carboxylic acids is 1. The maximum atomic E-state index is 11.1. The average molecular weight is 256 g/mol. The van der Waals surface area contributed by atoms with E-state index in [1.807, 2.05) is 5.32 Å². The van der Waals surface area contributed by atoms with Gasteiger partial charge in [0.2, 0.25) is 5.91 Å². The Balaban J connectivity index is 3.95. The van der Waals surface area contributed by atoms with E-state index in [2.05, 4.69) is 0 Å².